The van der Waals surface area contributed by atoms with Crippen LogP contribution in [0.1, 0.15) is 24.8 Å². The standard InChI is InChI=1S/C14H17N3O/c15-17-16-11-10-14(8-6-13(18)7-9-14)12-4-2-1-3-5-12/h1-6,8,13,18H,7,9-11H2/t13-,14+/m1/s1. The van der Waals surface area contributed by atoms with E-state index >= 15 is 0 Å². The highest BCUT2D eigenvalue weighted by Crippen LogP contribution is 2.38. The summed E-state index contributed by atoms with van der Waals surface area (Å²) < 4.78 is 0. The van der Waals surface area contributed by atoms with Crippen molar-refractivity contribution in [3.05, 3.63) is 58.5 Å². The molecule has 94 valence electrons. The SMILES string of the molecule is [N-]=[N+]=NCC[C@]1(c2ccccc2)C=C[C@@H](O)CC1. The normalized spacial score (nSPS) is 26.6. The highest BCUT2D eigenvalue weighted by Gasteiger charge is 2.31. The maximum atomic E-state index is 9.59. The van der Waals surface area contributed by atoms with Crippen LogP contribution in [0.5, 0.6) is 0 Å². The molecule has 1 aliphatic carbocycles. The third-order valence-electron chi connectivity index (χ3n) is 3.59. The van der Waals surface area contributed by atoms with Crippen molar-refractivity contribution < 1.29 is 5.11 Å². The number of nitrogens with zero attached hydrogens (tertiary/aromatic N) is 3. The van der Waals surface area contributed by atoms with Gasteiger partial charge >= 0.3 is 0 Å². The second kappa shape index (κ2) is 5.71. The van der Waals surface area contributed by atoms with Gasteiger partial charge in [-0.15, -0.1) is 0 Å². The summed E-state index contributed by atoms with van der Waals surface area (Å²) in [6.07, 6.45) is 6.00. The summed E-state index contributed by atoms with van der Waals surface area (Å²) in [5, 5.41) is 13.2. The minimum absolute atomic E-state index is 0.102. The molecular weight excluding hydrogens is 226 g/mol. The number of aliphatic hydroxyl groups excluding tert-OH is 1. The predicted octanol–water partition coefficient (Wildman–Crippen LogP) is 3.34. The van der Waals surface area contributed by atoms with Gasteiger partial charge in [-0.3, -0.25) is 0 Å². The topological polar surface area (TPSA) is 69.0 Å². The summed E-state index contributed by atoms with van der Waals surface area (Å²) in [5.41, 5.74) is 9.51. The van der Waals surface area contributed by atoms with Gasteiger partial charge in [-0.2, -0.15) is 0 Å². The van der Waals surface area contributed by atoms with Crippen molar-refractivity contribution in [3.63, 3.8) is 0 Å². The fourth-order valence-electron chi connectivity index (χ4n) is 2.54. The second-order valence-electron chi connectivity index (χ2n) is 4.69. The van der Waals surface area contributed by atoms with Crippen LogP contribution in [-0.4, -0.2) is 17.8 Å². The van der Waals surface area contributed by atoms with Crippen LogP contribution in [0.2, 0.25) is 0 Å². The van der Waals surface area contributed by atoms with Gasteiger partial charge in [0.25, 0.3) is 0 Å². The molecule has 0 heterocycles. The van der Waals surface area contributed by atoms with Crippen LogP contribution < -0.4 is 0 Å². The molecule has 1 N–H and O–H groups in total. The van der Waals surface area contributed by atoms with Gasteiger partial charge in [0.05, 0.1) is 6.10 Å². The quantitative estimate of drug-likeness (QED) is 0.374. The van der Waals surface area contributed by atoms with Gasteiger partial charge in [-0.05, 0) is 30.4 Å². The summed E-state index contributed by atoms with van der Waals surface area (Å²) in [5.74, 6) is 0. The molecule has 0 unspecified atom stereocenters. The summed E-state index contributed by atoms with van der Waals surface area (Å²) in [7, 11) is 0. The fourth-order valence-corrected chi connectivity index (χ4v) is 2.54. The van der Waals surface area contributed by atoms with Crippen LogP contribution in [-0.2, 0) is 5.41 Å². The number of azide groups is 1. The van der Waals surface area contributed by atoms with Crippen LogP contribution in [0.3, 0.4) is 0 Å². The Hall–Kier alpha value is -1.77. The lowest BCUT2D eigenvalue weighted by Gasteiger charge is -2.35. The van der Waals surface area contributed by atoms with E-state index in [-0.39, 0.29) is 11.5 Å². The van der Waals surface area contributed by atoms with Gasteiger partial charge in [0, 0.05) is 16.9 Å². The van der Waals surface area contributed by atoms with Crippen molar-refractivity contribution >= 4 is 0 Å². The Kier molecular flexibility index (Phi) is 4.03. The number of hydrogen-bond acceptors (Lipinski definition) is 2. The van der Waals surface area contributed by atoms with Crippen molar-refractivity contribution in [2.45, 2.75) is 30.8 Å². The summed E-state index contributed by atoms with van der Waals surface area (Å²) >= 11 is 0. The average Bonchev–Trinajstić information content (AvgIpc) is 2.43. The first kappa shape index (κ1) is 12.7. The summed E-state index contributed by atoms with van der Waals surface area (Å²) in [6, 6.07) is 10.2. The Morgan fingerprint density at radius 1 is 1.39 bits per heavy atom. The van der Waals surface area contributed by atoms with Crippen LogP contribution in [0, 0.1) is 0 Å². The van der Waals surface area contributed by atoms with E-state index in [1.54, 1.807) is 0 Å². The van der Waals surface area contributed by atoms with Crippen molar-refractivity contribution in [1.29, 1.82) is 0 Å². The lowest BCUT2D eigenvalue weighted by molar-refractivity contribution is 0.186. The number of benzene rings is 1. The van der Waals surface area contributed by atoms with Crippen molar-refractivity contribution in [2.24, 2.45) is 5.11 Å². The largest absolute Gasteiger partial charge is 0.389 e. The summed E-state index contributed by atoms with van der Waals surface area (Å²) in [4.78, 5) is 2.81. The van der Waals surface area contributed by atoms with Gasteiger partial charge in [0.15, 0.2) is 0 Å². The molecule has 2 rings (SSSR count). The zero-order chi connectivity index (χ0) is 12.8. The van der Waals surface area contributed by atoms with Gasteiger partial charge in [0.2, 0.25) is 0 Å². The average molecular weight is 243 g/mol. The molecule has 0 amide bonds. The van der Waals surface area contributed by atoms with Crippen LogP contribution in [0.4, 0.5) is 0 Å². The molecule has 0 fully saturated rings. The van der Waals surface area contributed by atoms with Crippen LogP contribution in [0.25, 0.3) is 10.4 Å². The zero-order valence-corrected chi connectivity index (χ0v) is 10.2. The Morgan fingerprint density at radius 2 is 2.17 bits per heavy atom. The molecule has 4 nitrogen and oxygen atoms in total. The zero-order valence-electron chi connectivity index (χ0n) is 10.2. The smallest absolute Gasteiger partial charge is 0.0721 e. The Bertz CT molecular complexity index is 465. The molecule has 0 spiro atoms. The first-order chi connectivity index (χ1) is 8.77. The Balaban J connectivity index is 2.28. The molecule has 0 aromatic heterocycles. The highest BCUT2D eigenvalue weighted by atomic mass is 16.3. The maximum absolute atomic E-state index is 9.59. The van der Waals surface area contributed by atoms with E-state index in [4.69, 9.17) is 5.53 Å². The molecule has 1 aromatic rings. The van der Waals surface area contributed by atoms with Crippen molar-refractivity contribution in [2.75, 3.05) is 6.54 Å². The molecular formula is C14H17N3O. The molecule has 0 aliphatic heterocycles. The van der Waals surface area contributed by atoms with Crippen molar-refractivity contribution in [3.8, 4) is 0 Å². The number of aliphatic hydroxyl groups is 1. The summed E-state index contributed by atoms with van der Waals surface area (Å²) in [6.45, 7) is 0.478. The third-order valence-corrected chi connectivity index (χ3v) is 3.59. The van der Waals surface area contributed by atoms with E-state index in [0.29, 0.717) is 6.54 Å². The Morgan fingerprint density at radius 3 is 2.78 bits per heavy atom. The molecule has 1 aliphatic rings. The number of hydrogen-bond donors (Lipinski definition) is 1. The minimum Gasteiger partial charge on any atom is -0.389 e. The van der Waals surface area contributed by atoms with Crippen molar-refractivity contribution in [1.82, 2.24) is 0 Å². The molecule has 1 aromatic carbocycles. The third kappa shape index (κ3) is 2.73. The predicted molar refractivity (Wildman–Crippen MR) is 71.1 cm³/mol. The van der Waals surface area contributed by atoms with Gasteiger partial charge in [0.1, 0.15) is 0 Å². The molecule has 0 bridgehead atoms. The maximum Gasteiger partial charge on any atom is 0.0721 e. The van der Waals surface area contributed by atoms with E-state index in [9.17, 15) is 5.11 Å². The van der Waals surface area contributed by atoms with Crippen LogP contribution in [0.15, 0.2) is 47.6 Å². The van der Waals surface area contributed by atoms with E-state index in [1.807, 2.05) is 24.3 Å². The first-order valence-electron chi connectivity index (χ1n) is 6.21. The minimum atomic E-state index is -0.346. The first-order valence-corrected chi connectivity index (χ1v) is 6.21. The molecule has 18 heavy (non-hydrogen) atoms. The molecule has 0 radical (unpaired) electrons. The lowest BCUT2D eigenvalue weighted by Crippen LogP contribution is -2.30. The second-order valence-corrected chi connectivity index (χ2v) is 4.69. The van der Waals surface area contributed by atoms with Gasteiger partial charge in [-0.1, -0.05) is 47.6 Å². The van der Waals surface area contributed by atoms with E-state index < -0.39 is 0 Å². The van der Waals surface area contributed by atoms with Gasteiger partial charge < -0.3 is 5.11 Å². The van der Waals surface area contributed by atoms with Gasteiger partial charge in [-0.25, -0.2) is 0 Å². The molecule has 4 heteroatoms. The lowest BCUT2D eigenvalue weighted by atomic mass is 9.71. The Labute approximate surface area is 107 Å². The molecule has 0 saturated heterocycles. The highest BCUT2D eigenvalue weighted by molar-refractivity contribution is 5.32. The van der Waals surface area contributed by atoms with E-state index in [2.05, 4.69) is 28.2 Å². The van der Waals surface area contributed by atoms with Crippen LogP contribution >= 0.6 is 0 Å². The monoisotopic (exact) mass is 243 g/mol. The number of allylic oxidation sites excluding steroid dienone is 1. The molecule has 0 saturated carbocycles. The number of rotatable bonds is 4. The fraction of sp³-hybridized carbons (Fsp3) is 0.429. The molecule has 2 atom stereocenters. The van der Waals surface area contributed by atoms with E-state index in [0.717, 1.165) is 19.3 Å². The van der Waals surface area contributed by atoms with E-state index in [1.165, 1.54) is 5.56 Å².